The first-order valence-electron chi connectivity index (χ1n) is 12.4. The molecule has 214 valence electrons. The highest BCUT2D eigenvalue weighted by Crippen LogP contribution is 2.36. The van der Waals surface area contributed by atoms with Crippen molar-refractivity contribution in [1.82, 2.24) is 24.8 Å². The van der Waals surface area contributed by atoms with Crippen molar-refractivity contribution in [1.29, 1.82) is 0 Å². The number of non-ortho nitro benzene ring substituents is 1. The molecule has 0 radical (unpaired) electrons. The normalized spacial score (nSPS) is 11.4. The molecule has 0 fully saturated rings. The van der Waals surface area contributed by atoms with Gasteiger partial charge in [-0.3, -0.25) is 19.9 Å². The fourth-order valence-corrected chi connectivity index (χ4v) is 5.19. The molecule has 0 spiro atoms. The highest BCUT2D eigenvalue weighted by molar-refractivity contribution is 7.89. The van der Waals surface area contributed by atoms with Crippen molar-refractivity contribution < 1.29 is 22.9 Å². The summed E-state index contributed by atoms with van der Waals surface area (Å²) in [7, 11) is -4.22. The summed E-state index contributed by atoms with van der Waals surface area (Å²) >= 11 is 6.06. The molecule has 0 aliphatic rings. The second-order valence-corrected chi connectivity index (χ2v) is 11.6. The number of amides is 1. The molecule has 0 bridgehead atoms. The lowest BCUT2D eigenvalue weighted by molar-refractivity contribution is -0.385. The third-order valence-corrected chi connectivity index (χ3v) is 7.54. The number of carbonyl (C=O) groups excluding carboxylic acids is 1. The summed E-state index contributed by atoms with van der Waals surface area (Å²) in [5.41, 5.74) is 1.16. The average Bonchev–Trinajstić information content (AvgIpc) is 3.27. The number of nitro benzene ring substituents is 1. The third-order valence-electron chi connectivity index (χ3n) is 5.85. The summed E-state index contributed by atoms with van der Waals surface area (Å²) in [5, 5.41) is 19.2. The van der Waals surface area contributed by atoms with Gasteiger partial charge in [0.15, 0.2) is 5.69 Å². The molecule has 4 aromatic rings. The minimum Gasteiger partial charge on any atom is -0.437 e. The largest absolute Gasteiger partial charge is 0.437 e. The second-order valence-electron chi connectivity index (χ2n) is 9.45. The van der Waals surface area contributed by atoms with Crippen LogP contribution in [0.2, 0.25) is 5.02 Å². The minimum absolute atomic E-state index is 0.0193. The van der Waals surface area contributed by atoms with Gasteiger partial charge < -0.3 is 10.1 Å². The number of rotatable bonds is 11. The van der Waals surface area contributed by atoms with E-state index in [1.165, 1.54) is 10.7 Å². The number of nitrogens with zero attached hydrogens (tertiary/aromatic N) is 4. The van der Waals surface area contributed by atoms with Crippen LogP contribution in [0.3, 0.4) is 0 Å². The number of nitrogens with one attached hydrogen (secondary N) is 2. The predicted molar refractivity (Wildman–Crippen MR) is 152 cm³/mol. The maximum absolute atomic E-state index is 13.2. The summed E-state index contributed by atoms with van der Waals surface area (Å²) in [4.78, 5) is 27.5. The highest BCUT2D eigenvalue weighted by atomic mass is 35.5. The van der Waals surface area contributed by atoms with E-state index in [9.17, 15) is 23.3 Å². The Hall–Kier alpha value is -4.33. The van der Waals surface area contributed by atoms with Crippen LogP contribution in [-0.2, 0) is 16.6 Å². The van der Waals surface area contributed by atoms with Crippen LogP contribution >= 0.6 is 11.6 Å². The monoisotopic (exact) mass is 598 g/mol. The van der Waals surface area contributed by atoms with E-state index in [-0.39, 0.29) is 36.3 Å². The number of halogens is 1. The van der Waals surface area contributed by atoms with E-state index in [1.807, 2.05) is 19.9 Å². The maximum Gasteiger partial charge on any atom is 0.272 e. The number of carbonyl (C=O) groups is 1. The molecule has 0 aliphatic heterocycles. The van der Waals surface area contributed by atoms with Crippen molar-refractivity contribution in [3.05, 3.63) is 98.9 Å². The van der Waals surface area contributed by atoms with E-state index in [0.717, 1.165) is 17.7 Å². The van der Waals surface area contributed by atoms with Crippen LogP contribution in [-0.4, -0.2) is 40.6 Å². The van der Waals surface area contributed by atoms with E-state index in [1.54, 1.807) is 49.6 Å². The molecular formula is C27H27ClN6O6S. The lowest BCUT2D eigenvalue weighted by Crippen LogP contribution is -2.28. The molecule has 0 unspecified atom stereocenters. The van der Waals surface area contributed by atoms with Crippen molar-refractivity contribution in [3.63, 3.8) is 0 Å². The Morgan fingerprint density at radius 2 is 1.90 bits per heavy atom. The van der Waals surface area contributed by atoms with Gasteiger partial charge >= 0.3 is 0 Å². The van der Waals surface area contributed by atoms with Crippen LogP contribution in [0.1, 0.15) is 35.5 Å². The minimum atomic E-state index is -4.22. The molecule has 0 saturated heterocycles. The molecular weight excluding hydrogens is 572 g/mol. The Balaban J connectivity index is 1.79. The number of pyridine rings is 1. The van der Waals surface area contributed by atoms with Gasteiger partial charge in [0, 0.05) is 48.2 Å². The number of hydrogen-bond acceptors (Lipinski definition) is 8. The molecule has 12 nitrogen and oxygen atoms in total. The van der Waals surface area contributed by atoms with Crippen molar-refractivity contribution in [2.45, 2.75) is 32.2 Å². The standard InChI is InChI=1S/C27H27ClN6O6S/c1-17(2)14-31-41(38,39)24-13-22(34(36)37)10-11-23(24)40-27-18(3)25(26(35)30-16-19-5-4-12-29-15-19)32-33(27)21-8-6-20(28)7-9-21/h4-13,15,17,31H,14,16H2,1-3H3,(H,30,35). The summed E-state index contributed by atoms with van der Waals surface area (Å²) in [6, 6.07) is 13.4. The van der Waals surface area contributed by atoms with Gasteiger partial charge in [-0.25, -0.2) is 13.1 Å². The number of nitro groups is 1. The predicted octanol–water partition coefficient (Wildman–Crippen LogP) is 4.79. The fraction of sp³-hybridized carbons (Fsp3) is 0.222. The topological polar surface area (TPSA) is 158 Å². The van der Waals surface area contributed by atoms with E-state index >= 15 is 0 Å². The lowest BCUT2D eigenvalue weighted by Gasteiger charge is -2.15. The third kappa shape index (κ3) is 7.06. The molecule has 4 rings (SSSR count). The van der Waals surface area contributed by atoms with Crippen LogP contribution in [0.4, 0.5) is 5.69 Å². The Kier molecular flexibility index (Phi) is 9.01. The Labute approximate surface area is 241 Å². The van der Waals surface area contributed by atoms with Crippen LogP contribution < -0.4 is 14.8 Å². The van der Waals surface area contributed by atoms with Crippen LogP contribution in [0.5, 0.6) is 11.6 Å². The average molecular weight is 599 g/mol. The number of benzene rings is 2. The van der Waals surface area contributed by atoms with Crippen molar-refractivity contribution >= 4 is 33.2 Å². The fourth-order valence-electron chi connectivity index (χ4n) is 3.71. The number of aromatic nitrogens is 3. The van der Waals surface area contributed by atoms with Gasteiger partial charge in [0.1, 0.15) is 10.6 Å². The zero-order valence-electron chi connectivity index (χ0n) is 22.4. The van der Waals surface area contributed by atoms with Crippen molar-refractivity contribution in [2.75, 3.05) is 6.54 Å². The van der Waals surface area contributed by atoms with Crippen LogP contribution in [0.15, 0.2) is 71.9 Å². The summed E-state index contributed by atoms with van der Waals surface area (Å²) < 4.78 is 36.3. The maximum atomic E-state index is 13.2. The molecule has 2 heterocycles. The first kappa shape index (κ1) is 29.6. The molecule has 41 heavy (non-hydrogen) atoms. The molecule has 2 aromatic heterocycles. The van der Waals surface area contributed by atoms with Gasteiger partial charge in [0.05, 0.1) is 10.6 Å². The Bertz CT molecular complexity index is 1670. The van der Waals surface area contributed by atoms with Crippen molar-refractivity contribution in [2.24, 2.45) is 5.92 Å². The van der Waals surface area contributed by atoms with Gasteiger partial charge in [-0.05, 0) is 54.8 Å². The first-order valence-corrected chi connectivity index (χ1v) is 14.3. The van der Waals surface area contributed by atoms with E-state index < -0.39 is 31.4 Å². The zero-order valence-corrected chi connectivity index (χ0v) is 23.9. The molecule has 2 aromatic carbocycles. The second kappa shape index (κ2) is 12.5. The smallest absolute Gasteiger partial charge is 0.272 e. The van der Waals surface area contributed by atoms with Crippen LogP contribution in [0.25, 0.3) is 5.69 Å². The molecule has 14 heteroatoms. The SMILES string of the molecule is Cc1c(C(=O)NCc2cccnc2)nn(-c2ccc(Cl)cc2)c1Oc1ccc([N+](=O)[O-])cc1S(=O)(=O)NCC(C)C. The van der Waals surface area contributed by atoms with E-state index in [4.69, 9.17) is 16.3 Å². The first-order chi connectivity index (χ1) is 19.5. The Morgan fingerprint density at radius 1 is 1.17 bits per heavy atom. The van der Waals surface area contributed by atoms with E-state index in [2.05, 4.69) is 20.1 Å². The lowest BCUT2D eigenvalue weighted by atomic mass is 10.2. The van der Waals surface area contributed by atoms with Crippen molar-refractivity contribution in [3.8, 4) is 17.3 Å². The number of ether oxygens (including phenoxy) is 1. The quantitative estimate of drug-likeness (QED) is 0.184. The molecule has 1 amide bonds. The molecule has 2 N–H and O–H groups in total. The highest BCUT2D eigenvalue weighted by Gasteiger charge is 2.28. The van der Waals surface area contributed by atoms with E-state index in [0.29, 0.717) is 16.3 Å². The summed E-state index contributed by atoms with van der Waals surface area (Å²) in [6.07, 6.45) is 3.25. The zero-order chi connectivity index (χ0) is 29.7. The molecule has 0 atom stereocenters. The summed E-state index contributed by atoms with van der Waals surface area (Å²) in [6.45, 7) is 5.55. The van der Waals surface area contributed by atoms with Gasteiger partial charge in [-0.1, -0.05) is 31.5 Å². The molecule has 0 saturated carbocycles. The van der Waals surface area contributed by atoms with Gasteiger partial charge in [-0.2, -0.15) is 9.78 Å². The Morgan fingerprint density at radius 3 is 2.54 bits per heavy atom. The van der Waals surface area contributed by atoms with Gasteiger partial charge in [0.2, 0.25) is 15.9 Å². The van der Waals surface area contributed by atoms with Gasteiger partial charge in [-0.15, -0.1) is 0 Å². The van der Waals surface area contributed by atoms with Crippen LogP contribution in [0, 0.1) is 23.0 Å². The van der Waals surface area contributed by atoms with Gasteiger partial charge in [0.25, 0.3) is 11.6 Å². The molecule has 0 aliphatic carbocycles. The number of hydrogen-bond donors (Lipinski definition) is 2. The summed E-state index contributed by atoms with van der Waals surface area (Å²) in [5.74, 6) is -0.673. The number of sulfonamides is 1.